The van der Waals surface area contributed by atoms with E-state index in [0.717, 1.165) is 0 Å². The SMILES string of the molecule is CC(C)N(CCC#N)C(=O)Nc1ccc(C(=O)O)nc1. The first-order chi connectivity index (χ1) is 9.45. The summed E-state index contributed by atoms with van der Waals surface area (Å²) in [5, 5.41) is 19.9. The van der Waals surface area contributed by atoms with E-state index in [0.29, 0.717) is 12.2 Å². The van der Waals surface area contributed by atoms with E-state index in [1.54, 1.807) is 0 Å². The number of carbonyl (C=O) groups is 2. The summed E-state index contributed by atoms with van der Waals surface area (Å²) in [7, 11) is 0. The lowest BCUT2D eigenvalue weighted by Crippen LogP contribution is -2.40. The quantitative estimate of drug-likeness (QED) is 0.854. The lowest BCUT2D eigenvalue weighted by Gasteiger charge is -2.25. The fourth-order valence-corrected chi connectivity index (χ4v) is 1.55. The number of urea groups is 1. The lowest BCUT2D eigenvalue weighted by molar-refractivity contribution is 0.0690. The van der Waals surface area contributed by atoms with Crippen LogP contribution in [0.25, 0.3) is 0 Å². The molecule has 0 aliphatic rings. The Morgan fingerprint density at radius 1 is 1.50 bits per heavy atom. The largest absolute Gasteiger partial charge is 0.477 e. The maximum Gasteiger partial charge on any atom is 0.354 e. The monoisotopic (exact) mass is 276 g/mol. The van der Waals surface area contributed by atoms with Gasteiger partial charge >= 0.3 is 12.0 Å². The molecule has 106 valence electrons. The van der Waals surface area contributed by atoms with E-state index >= 15 is 0 Å². The topological polar surface area (TPSA) is 106 Å². The molecule has 20 heavy (non-hydrogen) atoms. The number of hydrogen-bond acceptors (Lipinski definition) is 4. The van der Waals surface area contributed by atoms with Gasteiger partial charge in [0, 0.05) is 12.6 Å². The number of nitrogens with one attached hydrogen (secondary N) is 1. The van der Waals surface area contributed by atoms with Crippen molar-refractivity contribution < 1.29 is 14.7 Å². The van der Waals surface area contributed by atoms with Crippen LogP contribution in [0.1, 0.15) is 30.8 Å². The molecule has 0 aromatic carbocycles. The Labute approximate surface area is 116 Å². The van der Waals surface area contributed by atoms with E-state index in [1.807, 2.05) is 19.9 Å². The molecular weight excluding hydrogens is 260 g/mol. The molecule has 1 aromatic rings. The molecule has 1 aromatic heterocycles. The fourth-order valence-electron chi connectivity index (χ4n) is 1.55. The number of carboxylic acids is 1. The number of nitrogens with zero attached hydrogens (tertiary/aromatic N) is 3. The van der Waals surface area contributed by atoms with Crippen LogP contribution in [0.5, 0.6) is 0 Å². The first kappa shape index (κ1) is 15.4. The number of amides is 2. The predicted molar refractivity (Wildman–Crippen MR) is 72.3 cm³/mol. The zero-order chi connectivity index (χ0) is 15.1. The minimum atomic E-state index is -1.12. The van der Waals surface area contributed by atoms with E-state index < -0.39 is 5.97 Å². The third-order valence-electron chi connectivity index (χ3n) is 2.58. The second-order valence-corrected chi connectivity index (χ2v) is 4.36. The van der Waals surface area contributed by atoms with Crippen molar-refractivity contribution in [3.8, 4) is 6.07 Å². The van der Waals surface area contributed by atoms with Gasteiger partial charge in [-0.3, -0.25) is 0 Å². The number of aromatic carboxylic acids is 1. The second-order valence-electron chi connectivity index (χ2n) is 4.36. The molecule has 0 radical (unpaired) electrons. The first-order valence-electron chi connectivity index (χ1n) is 6.09. The lowest BCUT2D eigenvalue weighted by atomic mass is 10.3. The van der Waals surface area contributed by atoms with Gasteiger partial charge in [-0.25, -0.2) is 14.6 Å². The highest BCUT2D eigenvalue weighted by atomic mass is 16.4. The highest BCUT2D eigenvalue weighted by Gasteiger charge is 2.16. The molecule has 0 saturated heterocycles. The molecule has 0 bridgehead atoms. The number of hydrogen-bond donors (Lipinski definition) is 2. The van der Waals surface area contributed by atoms with Gasteiger partial charge in [-0.05, 0) is 26.0 Å². The highest BCUT2D eigenvalue weighted by molar-refractivity contribution is 5.90. The molecule has 0 atom stereocenters. The van der Waals surface area contributed by atoms with Crippen LogP contribution < -0.4 is 5.32 Å². The molecular formula is C13H16N4O3. The van der Waals surface area contributed by atoms with E-state index in [4.69, 9.17) is 10.4 Å². The van der Waals surface area contributed by atoms with Gasteiger partial charge in [0.15, 0.2) is 0 Å². The molecule has 0 spiro atoms. The summed E-state index contributed by atoms with van der Waals surface area (Å²) in [6, 6.07) is 4.38. The molecule has 1 heterocycles. The van der Waals surface area contributed by atoms with Crippen molar-refractivity contribution in [2.45, 2.75) is 26.3 Å². The Bertz CT molecular complexity index is 519. The molecule has 0 unspecified atom stereocenters. The standard InChI is InChI=1S/C13H16N4O3/c1-9(2)17(7-3-6-14)13(20)16-10-4-5-11(12(18)19)15-8-10/h4-5,8-9H,3,7H2,1-2H3,(H,16,20)(H,18,19). The van der Waals surface area contributed by atoms with Gasteiger partial charge in [-0.1, -0.05) is 0 Å². The maximum absolute atomic E-state index is 12.0. The van der Waals surface area contributed by atoms with Crippen LogP contribution in [0.3, 0.4) is 0 Å². The summed E-state index contributed by atoms with van der Waals surface area (Å²) in [4.78, 5) is 27.9. The number of carboxylic acid groups (broad SMARTS) is 1. The fraction of sp³-hybridized carbons (Fsp3) is 0.385. The number of pyridine rings is 1. The van der Waals surface area contributed by atoms with Crippen LogP contribution in [0, 0.1) is 11.3 Å². The minimum absolute atomic E-state index is 0.0467. The van der Waals surface area contributed by atoms with Crippen LogP contribution in [0.2, 0.25) is 0 Å². The minimum Gasteiger partial charge on any atom is -0.477 e. The van der Waals surface area contributed by atoms with Gasteiger partial charge in [0.25, 0.3) is 0 Å². The van der Waals surface area contributed by atoms with Gasteiger partial charge < -0.3 is 15.3 Å². The third kappa shape index (κ3) is 4.24. The Hall–Kier alpha value is -2.62. The summed E-state index contributed by atoms with van der Waals surface area (Å²) < 4.78 is 0. The molecule has 0 saturated carbocycles. The summed E-state index contributed by atoms with van der Waals surface area (Å²) in [6.45, 7) is 4.03. The third-order valence-corrected chi connectivity index (χ3v) is 2.58. The van der Waals surface area contributed by atoms with E-state index in [2.05, 4.69) is 10.3 Å². The van der Waals surface area contributed by atoms with Crippen molar-refractivity contribution in [1.82, 2.24) is 9.88 Å². The van der Waals surface area contributed by atoms with E-state index in [9.17, 15) is 9.59 Å². The van der Waals surface area contributed by atoms with Gasteiger partial charge in [0.1, 0.15) is 5.69 Å². The highest BCUT2D eigenvalue weighted by Crippen LogP contribution is 2.09. The van der Waals surface area contributed by atoms with Crippen molar-refractivity contribution in [2.24, 2.45) is 0 Å². The van der Waals surface area contributed by atoms with Gasteiger partial charge in [0.05, 0.1) is 24.4 Å². The van der Waals surface area contributed by atoms with E-state index in [-0.39, 0.29) is 24.2 Å². The van der Waals surface area contributed by atoms with Crippen molar-refractivity contribution in [2.75, 3.05) is 11.9 Å². The molecule has 2 N–H and O–H groups in total. The Balaban J connectivity index is 2.72. The number of nitriles is 1. The van der Waals surface area contributed by atoms with Gasteiger partial charge in [0.2, 0.25) is 0 Å². The summed E-state index contributed by atoms with van der Waals surface area (Å²) >= 11 is 0. The van der Waals surface area contributed by atoms with Crippen molar-refractivity contribution >= 4 is 17.7 Å². The van der Waals surface area contributed by atoms with E-state index in [1.165, 1.54) is 23.2 Å². The Kier molecular flexibility index (Phi) is 5.47. The summed E-state index contributed by atoms with van der Waals surface area (Å²) in [5.41, 5.74) is 0.316. The van der Waals surface area contributed by atoms with Gasteiger partial charge in [-0.15, -0.1) is 0 Å². The maximum atomic E-state index is 12.0. The summed E-state index contributed by atoms with van der Waals surface area (Å²) in [6.07, 6.45) is 1.53. The number of rotatable bonds is 5. The second kappa shape index (κ2) is 7.09. The van der Waals surface area contributed by atoms with Crippen LogP contribution in [-0.4, -0.2) is 39.6 Å². The van der Waals surface area contributed by atoms with Crippen LogP contribution >= 0.6 is 0 Å². The molecule has 0 aliphatic heterocycles. The average Bonchev–Trinajstić information content (AvgIpc) is 2.39. The Morgan fingerprint density at radius 2 is 2.20 bits per heavy atom. The zero-order valence-electron chi connectivity index (χ0n) is 11.3. The van der Waals surface area contributed by atoms with Crippen LogP contribution in [0.15, 0.2) is 18.3 Å². The first-order valence-corrected chi connectivity index (χ1v) is 6.09. The Morgan fingerprint density at radius 3 is 2.65 bits per heavy atom. The van der Waals surface area contributed by atoms with Crippen molar-refractivity contribution in [3.63, 3.8) is 0 Å². The van der Waals surface area contributed by atoms with Crippen LogP contribution in [0.4, 0.5) is 10.5 Å². The molecule has 0 aliphatic carbocycles. The number of aromatic nitrogens is 1. The van der Waals surface area contributed by atoms with Crippen molar-refractivity contribution in [3.05, 3.63) is 24.0 Å². The average molecular weight is 276 g/mol. The molecule has 7 nitrogen and oxygen atoms in total. The smallest absolute Gasteiger partial charge is 0.354 e. The molecule has 7 heteroatoms. The number of carbonyl (C=O) groups excluding carboxylic acids is 1. The summed E-state index contributed by atoms with van der Waals surface area (Å²) in [5.74, 6) is -1.12. The molecule has 2 amide bonds. The molecule has 0 fully saturated rings. The van der Waals surface area contributed by atoms with Gasteiger partial charge in [-0.2, -0.15) is 5.26 Å². The molecule has 1 rings (SSSR count). The van der Waals surface area contributed by atoms with Crippen LogP contribution in [-0.2, 0) is 0 Å². The number of anilines is 1. The van der Waals surface area contributed by atoms with Crippen molar-refractivity contribution in [1.29, 1.82) is 5.26 Å². The predicted octanol–water partition coefficient (Wildman–Crippen LogP) is 1.94. The normalized spacial score (nSPS) is 9.90. The zero-order valence-corrected chi connectivity index (χ0v) is 11.3.